The molecule has 0 amide bonds. The van der Waals surface area contributed by atoms with E-state index in [1.165, 1.54) is 24.3 Å². The Labute approximate surface area is 95.7 Å². The Kier molecular flexibility index (Phi) is 7.61. The molecule has 0 radical (unpaired) electrons. The average molecular weight is 226 g/mol. The van der Waals surface area contributed by atoms with Crippen LogP contribution in [0.25, 0.3) is 0 Å². The number of nitrogen functional groups attached to an aromatic ring is 1. The molecule has 1 aromatic carbocycles. The summed E-state index contributed by atoms with van der Waals surface area (Å²) in [7, 11) is 3.76. The van der Waals surface area contributed by atoms with Gasteiger partial charge in [0.2, 0.25) is 0 Å². The molecule has 5 N–H and O–H groups in total. The third-order valence-corrected chi connectivity index (χ3v) is 1.65. The quantitative estimate of drug-likeness (QED) is 0.530. The van der Waals surface area contributed by atoms with Gasteiger partial charge in [0.25, 0.3) is 0 Å². The zero-order chi connectivity index (χ0) is 12.4. The summed E-state index contributed by atoms with van der Waals surface area (Å²) in [6, 6.07) is 5.70. The summed E-state index contributed by atoms with van der Waals surface area (Å²) in [4.78, 5) is 1.87. The van der Waals surface area contributed by atoms with Gasteiger partial charge in [-0.1, -0.05) is 0 Å². The van der Waals surface area contributed by atoms with Crippen LogP contribution in [0.3, 0.4) is 0 Å². The number of benzene rings is 1. The molecule has 16 heavy (non-hydrogen) atoms. The Hall–Kier alpha value is -1.75. The van der Waals surface area contributed by atoms with Crippen LogP contribution in [0.4, 0.5) is 10.1 Å². The summed E-state index contributed by atoms with van der Waals surface area (Å²) >= 11 is 0. The fourth-order valence-corrected chi connectivity index (χ4v) is 0.725. The molecule has 0 aromatic heterocycles. The van der Waals surface area contributed by atoms with E-state index in [-0.39, 0.29) is 5.82 Å². The van der Waals surface area contributed by atoms with Crippen molar-refractivity contribution in [2.24, 2.45) is 5.73 Å². The van der Waals surface area contributed by atoms with E-state index in [1.807, 2.05) is 31.4 Å². The van der Waals surface area contributed by atoms with Gasteiger partial charge in [0.15, 0.2) is 0 Å². The van der Waals surface area contributed by atoms with Gasteiger partial charge in [-0.2, -0.15) is 0 Å². The number of anilines is 1. The largest absolute Gasteiger partial charge is 0.399 e. The second kappa shape index (κ2) is 8.55. The number of nitrogens with zero attached hydrogens (tertiary/aromatic N) is 1. The highest BCUT2D eigenvalue weighted by molar-refractivity contribution is 5.36. The van der Waals surface area contributed by atoms with Gasteiger partial charge in [-0.05, 0) is 24.3 Å². The van der Waals surface area contributed by atoms with Crippen LogP contribution in [0.1, 0.15) is 0 Å². The molecule has 0 heterocycles. The maximum absolute atomic E-state index is 12.0. The zero-order valence-corrected chi connectivity index (χ0v) is 9.65. The molecule has 0 fully saturated rings. The molecule has 0 aliphatic heterocycles. The minimum Gasteiger partial charge on any atom is -0.399 e. The lowest BCUT2D eigenvalue weighted by atomic mass is 10.3. The standard InChI is InChI=1S/C6H6FN.C5H13N3/c7-5-1-3-6(8)4-2-5;1-7-3-4-8(2)5-6/h1-4H,8H2;3-4,7H,5-6H2,1-2H3/b;4-3-. The molecular formula is C11H19FN4. The van der Waals surface area contributed by atoms with E-state index in [0.29, 0.717) is 12.4 Å². The lowest BCUT2D eigenvalue weighted by molar-refractivity contribution is 0.469. The van der Waals surface area contributed by atoms with Crippen molar-refractivity contribution in [3.05, 3.63) is 42.5 Å². The topological polar surface area (TPSA) is 67.3 Å². The van der Waals surface area contributed by atoms with E-state index >= 15 is 0 Å². The Balaban J connectivity index is 0.000000281. The predicted octanol–water partition coefficient (Wildman–Crippen LogP) is 0.933. The van der Waals surface area contributed by atoms with Gasteiger partial charge in [-0.15, -0.1) is 0 Å². The van der Waals surface area contributed by atoms with Gasteiger partial charge in [0, 0.05) is 32.2 Å². The van der Waals surface area contributed by atoms with Gasteiger partial charge in [0.05, 0.1) is 6.67 Å². The highest BCUT2D eigenvalue weighted by Gasteiger charge is 1.84. The van der Waals surface area contributed by atoms with Gasteiger partial charge < -0.3 is 21.7 Å². The fraction of sp³-hybridized carbons (Fsp3) is 0.273. The third-order valence-electron chi connectivity index (χ3n) is 1.65. The van der Waals surface area contributed by atoms with Crippen molar-refractivity contribution in [1.82, 2.24) is 10.2 Å². The maximum Gasteiger partial charge on any atom is 0.123 e. The molecule has 0 saturated heterocycles. The first-order valence-corrected chi connectivity index (χ1v) is 4.85. The first-order valence-electron chi connectivity index (χ1n) is 4.85. The van der Waals surface area contributed by atoms with Crippen molar-refractivity contribution in [3.8, 4) is 0 Å². The number of halogens is 1. The molecule has 0 aliphatic carbocycles. The Morgan fingerprint density at radius 3 is 2.31 bits per heavy atom. The van der Waals surface area contributed by atoms with E-state index in [0.717, 1.165) is 0 Å². The molecule has 90 valence electrons. The smallest absolute Gasteiger partial charge is 0.123 e. The van der Waals surface area contributed by atoms with Gasteiger partial charge in [0.1, 0.15) is 5.82 Å². The summed E-state index contributed by atoms with van der Waals surface area (Å²) in [6.07, 6.45) is 3.70. The minimum atomic E-state index is -0.251. The zero-order valence-electron chi connectivity index (χ0n) is 9.65. The first-order chi connectivity index (χ1) is 7.60. The SMILES string of the molecule is CN/C=C\N(C)CN.Nc1ccc(F)cc1. The van der Waals surface area contributed by atoms with Crippen LogP contribution in [0.2, 0.25) is 0 Å². The molecule has 0 aliphatic rings. The van der Waals surface area contributed by atoms with E-state index in [2.05, 4.69) is 5.32 Å². The van der Waals surface area contributed by atoms with Crippen LogP contribution in [0.15, 0.2) is 36.7 Å². The van der Waals surface area contributed by atoms with Crippen LogP contribution in [-0.2, 0) is 0 Å². The molecule has 0 bridgehead atoms. The summed E-state index contributed by atoms with van der Waals surface area (Å²) in [5, 5.41) is 2.86. The first kappa shape index (κ1) is 14.2. The normalized spacial score (nSPS) is 9.50. The van der Waals surface area contributed by atoms with Gasteiger partial charge in [-0.25, -0.2) is 4.39 Å². The van der Waals surface area contributed by atoms with Crippen molar-refractivity contribution in [2.45, 2.75) is 0 Å². The Morgan fingerprint density at radius 2 is 1.94 bits per heavy atom. The van der Waals surface area contributed by atoms with E-state index < -0.39 is 0 Å². The minimum absolute atomic E-state index is 0.251. The Morgan fingerprint density at radius 1 is 1.38 bits per heavy atom. The van der Waals surface area contributed by atoms with Crippen LogP contribution in [-0.4, -0.2) is 25.7 Å². The summed E-state index contributed by atoms with van der Waals surface area (Å²) in [5.41, 5.74) is 11.1. The van der Waals surface area contributed by atoms with Crippen LogP contribution < -0.4 is 16.8 Å². The summed E-state index contributed by atoms with van der Waals surface area (Å²) < 4.78 is 12.0. The molecule has 1 rings (SSSR count). The van der Waals surface area contributed by atoms with Crippen LogP contribution in [0.5, 0.6) is 0 Å². The monoisotopic (exact) mass is 226 g/mol. The molecule has 0 unspecified atom stereocenters. The van der Waals surface area contributed by atoms with Gasteiger partial charge in [-0.3, -0.25) is 0 Å². The third kappa shape index (κ3) is 7.64. The van der Waals surface area contributed by atoms with Crippen molar-refractivity contribution in [3.63, 3.8) is 0 Å². The van der Waals surface area contributed by atoms with Crippen LogP contribution in [0, 0.1) is 5.82 Å². The number of rotatable bonds is 3. The predicted molar refractivity (Wildman–Crippen MR) is 65.8 cm³/mol. The molecule has 4 nitrogen and oxygen atoms in total. The number of hydrogen-bond donors (Lipinski definition) is 3. The lowest BCUT2D eigenvalue weighted by Crippen LogP contribution is -2.20. The Bertz CT molecular complexity index is 276. The van der Waals surface area contributed by atoms with E-state index in [9.17, 15) is 4.39 Å². The van der Waals surface area contributed by atoms with Crippen molar-refractivity contribution in [2.75, 3.05) is 26.5 Å². The fourth-order valence-electron chi connectivity index (χ4n) is 0.725. The van der Waals surface area contributed by atoms with Crippen molar-refractivity contribution >= 4 is 5.69 Å². The lowest BCUT2D eigenvalue weighted by Gasteiger charge is -2.07. The number of nitrogens with one attached hydrogen (secondary N) is 1. The maximum atomic E-state index is 12.0. The van der Waals surface area contributed by atoms with Crippen molar-refractivity contribution < 1.29 is 4.39 Å². The van der Waals surface area contributed by atoms with E-state index in [4.69, 9.17) is 11.5 Å². The van der Waals surface area contributed by atoms with Crippen LogP contribution >= 0.6 is 0 Å². The molecule has 0 saturated carbocycles. The van der Waals surface area contributed by atoms with Gasteiger partial charge >= 0.3 is 0 Å². The molecule has 1 aromatic rings. The molecule has 5 heteroatoms. The highest BCUT2D eigenvalue weighted by Crippen LogP contribution is 2.01. The molecular weight excluding hydrogens is 207 g/mol. The van der Waals surface area contributed by atoms with Crippen molar-refractivity contribution in [1.29, 1.82) is 0 Å². The average Bonchev–Trinajstić information content (AvgIpc) is 2.30. The molecule has 0 atom stereocenters. The summed E-state index contributed by atoms with van der Waals surface area (Å²) in [5.74, 6) is -0.251. The summed E-state index contributed by atoms with van der Waals surface area (Å²) in [6.45, 7) is 0.554. The molecule has 0 spiro atoms. The highest BCUT2D eigenvalue weighted by atomic mass is 19.1. The number of nitrogens with two attached hydrogens (primary N) is 2. The number of hydrogen-bond acceptors (Lipinski definition) is 4. The second-order valence-corrected chi connectivity index (χ2v) is 3.10. The second-order valence-electron chi connectivity index (χ2n) is 3.10. The van der Waals surface area contributed by atoms with E-state index in [1.54, 1.807) is 0 Å².